The zero-order valence-electron chi connectivity index (χ0n) is 16.4. The molecule has 2 aromatic heterocycles. The SMILES string of the molecule is CCOCCn1cc(Nc2nc(-c3ccc(N4C[C@@H](C)OC4=O)cc3)cs2)cn1. The van der Waals surface area contributed by atoms with Gasteiger partial charge in [0.05, 0.1) is 37.3 Å². The molecule has 152 valence electrons. The normalized spacial score (nSPS) is 16.3. The van der Waals surface area contributed by atoms with Crippen LogP contribution in [0.25, 0.3) is 11.3 Å². The lowest BCUT2D eigenvalue weighted by Crippen LogP contribution is -2.23. The Morgan fingerprint density at radius 2 is 2.17 bits per heavy atom. The number of carbonyl (C=O) groups excluding carboxylic acids is 1. The summed E-state index contributed by atoms with van der Waals surface area (Å²) < 4.78 is 12.4. The number of ether oxygens (including phenoxy) is 2. The van der Waals surface area contributed by atoms with Crippen molar-refractivity contribution in [2.24, 2.45) is 0 Å². The fraction of sp³-hybridized carbons (Fsp3) is 0.350. The lowest BCUT2D eigenvalue weighted by molar-refractivity contribution is 0.136. The van der Waals surface area contributed by atoms with Crippen LogP contribution in [0.4, 0.5) is 21.3 Å². The highest BCUT2D eigenvalue weighted by Crippen LogP contribution is 2.29. The molecule has 1 saturated heterocycles. The highest BCUT2D eigenvalue weighted by molar-refractivity contribution is 7.14. The van der Waals surface area contributed by atoms with E-state index in [1.165, 1.54) is 11.3 Å². The third kappa shape index (κ3) is 4.57. The molecule has 1 aliphatic rings. The van der Waals surface area contributed by atoms with Gasteiger partial charge in [0.25, 0.3) is 0 Å². The number of nitrogens with one attached hydrogen (secondary N) is 1. The summed E-state index contributed by atoms with van der Waals surface area (Å²) in [5, 5.41) is 10.4. The molecule has 0 radical (unpaired) electrons. The van der Waals surface area contributed by atoms with Crippen LogP contribution in [0.1, 0.15) is 13.8 Å². The monoisotopic (exact) mass is 413 g/mol. The van der Waals surface area contributed by atoms with Crippen LogP contribution in [0.2, 0.25) is 0 Å². The number of aromatic nitrogens is 3. The minimum atomic E-state index is -0.299. The molecule has 0 bridgehead atoms. The van der Waals surface area contributed by atoms with Crippen LogP contribution in [0.15, 0.2) is 42.0 Å². The zero-order chi connectivity index (χ0) is 20.2. The molecular weight excluding hydrogens is 390 g/mol. The molecular formula is C20H23N5O3S. The van der Waals surface area contributed by atoms with Crippen molar-refractivity contribution in [1.82, 2.24) is 14.8 Å². The number of rotatable bonds is 8. The van der Waals surface area contributed by atoms with Gasteiger partial charge in [-0.25, -0.2) is 9.78 Å². The van der Waals surface area contributed by atoms with Gasteiger partial charge in [-0.3, -0.25) is 9.58 Å². The highest BCUT2D eigenvalue weighted by atomic mass is 32.1. The maximum absolute atomic E-state index is 11.9. The number of cyclic esters (lactones) is 1. The minimum absolute atomic E-state index is 0.0853. The van der Waals surface area contributed by atoms with E-state index >= 15 is 0 Å². The molecule has 4 rings (SSSR count). The van der Waals surface area contributed by atoms with Gasteiger partial charge < -0.3 is 14.8 Å². The van der Waals surface area contributed by atoms with E-state index in [9.17, 15) is 4.79 Å². The second kappa shape index (κ2) is 8.62. The lowest BCUT2D eigenvalue weighted by atomic mass is 10.1. The van der Waals surface area contributed by atoms with Crippen molar-refractivity contribution in [3.05, 3.63) is 42.0 Å². The molecule has 3 heterocycles. The van der Waals surface area contributed by atoms with Gasteiger partial charge >= 0.3 is 6.09 Å². The van der Waals surface area contributed by atoms with Gasteiger partial charge in [-0.1, -0.05) is 12.1 Å². The Labute approximate surface area is 173 Å². The quantitative estimate of drug-likeness (QED) is 0.559. The Morgan fingerprint density at radius 3 is 2.90 bits per heavy atom. The lowest BCUT2D eigenvalue weighted by Gasteiger charge is -2.12. The second-order valence-corrected chi connectivity index (χ2v) is 7.56. The molecule has 3 aromatic rings. The van der Waals surface area contributed by atoms with E-state index in [1.54, 1.807) is 11.1 Å². The maximum Gasteiger partial charge on any atom is 0.414 e. The smallest absolute Gasteiger partial charge is 0.414 e. The molecule has 9 heteroatoms. The van der Waals surface area contributed by atoms with Crippen molar-refractivity contribution in [3.8, 4) is 11.3 Å². The van der Waals surface area contributed by atoms with Gasteiger partial charge in [0, 0.05) is 29.4 Å². The number of amides is 1. The number of anilines is 3. The summed E-state index contributed by atoms with van der Waals surface area (Å²) in [6.07, 6.45) is 3.33. The highest BCUT2D eigenvalue weighted by Gasteiger charge is 2.29. The van der Waals surface area contributed by atoms with E-state index in [1.807, 2.05) is 54.4 Å². The van der Waals surface area contributed by atoms with E-state index in [0.29, 0.717) is 26.3 Å². The number of benzene rings is 1. The van der Waals surface area contributed by atoms with Crippen LogP contribution < -0.4 is 10.2 Å². The van der Waals surface area contributed by atoms with Crippen LogP contribution in [0, 0.1) is 0 Å². The van der Waals surface area contributed by atoms with Gasteiger partial charge in [-0.05, 0) is 26.0 Å². The summed E-state index contributed by atoms with van der Waals surface area (Å²) >= 11 is 1.53. The molecule has 29 heavy (non-hydrogen) atoms. The third-order valence-electron chi connectivity index (χ3n) is 4.49. The average Bonchev–Trinajstić information content (AvgIpc) is 3.43. The predicted octanol–water partition coefficient (Wildman–Crippen LogP) is 4.13. The first-order valence-corrected chi connectivity index (χ1v) is 10.4. The van der Waals surface area contributed by atoms with E-state index in [2.05, 4.69) is 15.4 Å². The first kappa shape index (κ1) is 19.4. The van der Waals surface area contributed by atoms with E-state index in [-0.39, 0.29) is 12.2 Å². The average molecular weight is 414 g/mol. The van der Waals surface area contributed by atoms with Gasteiger partial charge in [0.15, 0.2) is 5.13 Å². The topological polar surface area (TPSA) is 81.5 Å². The van der Waals surface area contributed by atoms with Crippen LogP contribution >= 0.6 is 11.3 Å². The summed E-state index contributed by atoms with van der Waals surface area (Å²) in [5.41, 5.74) is 3.59. The summed E-state index contributed by atoms with van der Waals surface area (Å²) in [4.78, 5) is 18.2. The summed E-state index contributed by atoms with van der Waals surface area (Å²) in [6.45, 7) is 6.50. The van der Waals surface area contributed by atoms with Crippen LogP contribution in [-0.4, -0.2) is 46.7 Å². The molecule has 1 atom stereocenters. The number of hydrogen-bond donors (Lipinski definition) is 1. The molecule has 1 amide bonds. The molecule has 1 N–H and O–H groups in total. The van der Waals surface area contributed by atoms with Gasteiger partial charge in [-0.2, -0.15) is 5.10 Å². The molecule has 1 aromatic carbocycles. The van der Waals surface area contributed by atoms with Crippen LogP contribution in [-0.2, 0) is 16.0 Å². The fourth-order valence-electron chi connectivity index (χ4n) is 3.07. The molecule has 1 aliphatic heterocycles. The third-order valence-corrected chi connectivity index (χ3v) is 5.25. The molecule has 0 saturated carbocycles. The zero-order valence-corrected chi connectivity index (χ0v) is 17.2. The first-order valence-electron chi connectivity index (χ1n) is 9.53. The Kier molecular flexibility index (Phi) is 5.77. The predicted molar refractivity (Wildman–Crippen MR) is 113 cm³/mol. The van der Waals surface area contributed by atoms with E-state index < -0.39 is 0 Å². The molecule has 1 fully saturated rings. The standard InChI is InChI=1S/C20H23N5O3S/c1-3-27-9-8-24-12-16(10-21-24)22-19-23-18(13-29-19)15-4-6-17(7-5-15)25-11-14(2)28-20(25)26/h4-7,10,12-14H,3,8-9,11H2,1-2H3,(H,22,23)/t14-/m1/s1. The van der Waals surface area contributed by atoms with E-state index in [0.717, 1.165) is 27.8 Å². The Bertz CT molecular complexity index is 969. The van der Waals surface area contributed by atoms with Crippen LogP contribution in [0.5, 0.6) is 0 Å². The molecule has 0 unspecified atom stereocenters. The largest absolute Gasteiger partial charge is 0.444 e. The molecule has 0 aliphatic carbocycles. The van der Waals surface area contributed by atoms with Crippen molar-refractivity contribution < 1.29 is 14.3 Å². The molecule has 0 spiro atoms. The first-order chi connectivity index (χ1) is 14.1. The van der Waals surface area contributed by atoms with Gasteiger partial charge in [0.2, 0.25) is 0 Å². The van der Waals surface area contributed by atoms with Crippen molar-refractivity contribution in [2.45, 2.75) is 26.5 Å². The molecule has 8 nitrogen and oxygen atoms in total. The van der Waals surface area contributed by atoms with Gasteiger partial charge in [0.1, 0.15) is 6.10 Å². The minimum Gasteiger partial charge on any atom is -0.444 e. The summed E-state index contributed by atoms with van der Waals surface area (Å²) in [6, 6.07) is 7.78. The Balaban J connectivity index is 1.39. The van der Waals surface area contributed by atoms with Crippen molar-refractivity contribution >= 4 is 33.9 Å². The maximum atomic E-state index is 11.9. The Morgan fingerprint density at radius 1 is 1.34 bits per heavy atom. The number of hydrogen-bond acceptors (Lipinski definition) is 7. The summed E-state index contributed by atoms with van der Waals surface area (Å²) in [7, 11) is 0. The second-order valence-electron chi connectivity index (χ2n) is 6.70. The van der Waals surface area contributed by atoms with Crippen LogP contribution in [0.3, 0.4) is 0 Å². The fourth-order valence-corrected chi connectivity index (χ4v) is 3.81. The number of nitrogens with zero attached hydrogens (tertiary/aromatic N) is 4. The van der Waals surface area contributed by atoms with Crippen molar-refractivity contribution in [2.75, 3.05) is 30.0 Å². The Hall–Kier alpha value is -2.91. The van der Waals surface area contributed by atoms with E-state index in [4.69, 9.17) is 9.47 Å². The van der Waals surface area contributed by atoms with Crippen molar-refractivity contribution in [3.63, 3.8) is 0 Å². The number of thiazole rings is 1. The van der Waals surface area contributed by atoms with Crippen molar-refractivity contribution in [1.29, 1.82) is 0 Å². The number of carbonyl (C=O) groups is 1. The van der Waals surface area contributed by atoms with Gasteiger partial charge in [-0.15, -0.1) is 11.3 Å². The summed E-state index contributed by atoms with van der Waals surface area (Å²) in [5.74, 6) is 0.